The summed E-state index contributed by atoms with van der Waals surface area (Å²) in [5.41, 5.74) is 3.62. The van der Waals surface area contributed by atoms with Gasteiger partial charge in [0.1, 0.15) is 11.4 Å². The highest BCUT2D eigenvalue weighted by atomic mass is 19.1. The lowest BCUT2D eigenvalue weighted by Crippen LogP contribution is -2.55. The highest BCUT2D eigenvalue weighted by Crippen LogP contribution is 2.54. The Morgan fingerprint density at radius 3 is 2.55 bits per heavy atom. The maximum Gasteiger partial charge on any atom is 0.250 e. The van der Waals surface area contributed by atoms with Crippen molar-refractivity contribution in [2.24, 2.45) is 17.6 Å². The molecule has 0 radical (unpaired) electrons. The average molecular weight is 402 g/mol. The van der Waals surface area contributed by atoms with Crippen LogP contribution in [0.15, 0.2) is 18.2 Å². The van der Waals surface area contributed by atoms with Gasteiger partial charge in [0, 0.05) is 29.3 Å². The van der Waals surface area contributed by atoms with Crippen LogP contribution in [0.3, 0.4) is 0 Å². The van der Waals surface area contributed by atoms with E-state index >= 15 is 0 Å². The van der Waals surface area contributed by atoms with E-state index in [0.29, 0.717) is 11.3 Å². The molecule has 8 nitrogen and oxygen atoms in total. The van der Waals surface area contributed by atoms with Crippen LogP contribution >= 0.6 is 0 Å². The molecule has 9 heteroatoms. The predicted octanol–water partition coefficient (Wildman–Crippen LogP) is 0.610. The zero-order valence-electron chi connectivity index (χ0n) is 16.4. The minimum Gasteiger partial charge on any atom is -0.370 e. The number of benzene rings is 1. The van der Waals surface area contributed by atoms with Crippen molar-refractivity contribution in [2.45, 2.75) is 50.7 Å². The molecule has 2 fully saturated rings. The van der Waals surface area contributed by atoms with Gasteiger partial charge in [0.2, 0.25) is 23.6 Å². The number of hydrogen-bond acceptors (Lipinski definition) is 5. The largest absolute Gasteiger partial charge is 0.370 e. The van der Waals surface area contributed by atoms with Crippen LogP contribution in [0.5, 0.6) is 0 Å². The SMILES string of the molecule is CC(C)(C)N1C(=O)C2C(CCC(N)=O)NC3(C(=O)Nc4ccc(F)cc43)C2C1=O. The zero-order valence-corrected chi connectivity index (χ0v) is 16.4. The first-order valence-corrected chi connectivity index (χ1v) is 9.54. The number of carbonyl (C=O) groups is 4. The molecule has 0 aromatic heterocycles. The number of halogens is 1. The van der Waals surface area contributed by atoms with Crippen LogP contribution < -0.4 is 16.4 Å². The van der Waals surface area contributed by atoms with Gasteiger partial charge in [-0.25, -0.2) is 4.39 Å². The van der Waals surface area contributed by atoms with Crippen molar-refractivity contribution >= 4 is 29.3 Å². The van der Waals surface area contributed by atoms with Gasteiger partial charge >= 0.3 is 0 Å². The molecule has 3 aliphatic rings. The number of anilines is 1. The number of carbonyl (C=O) groups excluding carboxylic acids is 4. The third kappa shape index (κ3) is 2.60. The number of nitrogens with zero attached hydrogens (tertiary/aromatic N) is 1. The summed E-state index contributed by atoms with van der Waals surface area (Å²) in [6.07, 6.45) is 0.179. The molecule has 2 saturated heterocycles. The topological polar surface area (TPSA) is 122 Å². The Kier molecular flexibility index (Phi) is 4.10. The van der Waals surface area contributed by atoms with Crippen molar-refractivity contribution in [1.29, 1.82) is 0 Å². The van der Waals surface area contributed by atoms with E-state index < -0.39 is 58.4 Å². The Hall–Kier alpha value is -2.81. The first-order valence-electron chi connectivity index (χ1n) is 9.54. The van der Waals surface area contributed by atoms with Crippen molar-refractivity contribution in [3.8, 4) is 0 Å². The molecule has 1 aromatic rings. The molecule has 3 aliphatic heterocycles. The molecule has 154 valence electrons. The maximum atomic E-state index is 14.1. The minimum atomic E-state index is -1.57. The summed E-state index contributed by atoms with van der Waals surface area (Å²) in [6, 6.07) is 3.24. The first-order chi connectivity index (χ1) is 13.5. The van der Waals surface area contributed by atoms with E-state index in [0.717, 1.165) is 0 Å². The quantitative estimate of drug-likeness (QED) is 0.640. The summed E-state index contributed by atoms with van der Waals surface area (Å²) in [5.74, 6) is -4.36. The number of fused-ring (bicyclic) bond motifs is 4. The molecule has 0 bridgehead atoms. The van der Waals surface area contributed by atoms with E-state index in [9.17, 15) is 23.6 Å². The second-order valence-electron chi connectivity index (χ2n) is 8.89. The van der Waals surface area contributed by atoms with E-state index in [4.69, 9.17) is 5.73 Å². The van der Waals surface area contributed by atoms with Crippen molar-refractivity contribution in [2.75, 3.05) is 5.32 Å². The van der Waals surface area contributed by atoms with E-state index in [2.05, 4.69) is 10.6 Å². The van der Waals surface area contributed by atoms with E-state index in [1.807, 2.05) is 0 Å². The van der Waals surface area contributed by atoms with Crippen LogP contribution in [-0.2, 0) is 24.7 Å². The fraction of sp³-hybridized carbons (Fsp3) is 0.500. The van der Waals surface area contributed by atoms with Gasteiger partial charge in [0.25, 0.3) is 0 Å². The van der Waals surface area contributed by atoms with Gasteiger partial charge in [-0.2, -0.15) is 0 Å². The molecular formula is C20H23FN4O4. The van der Waals surface area contributed by atoms with Crippen molar-refractivity contribution in [3.63, 3.8) is 0 Å². The molecule has 1 aromatic carbocycles. The molecule has 4 atom stereocenters. The standard InChI is InChI=1S/C20H23FN4O4/c1-19(2,3)25-16(27)14-12(6-7-13(22)26)24-20(15(14)17(25)28)10-8-9(21)4-5-11(10)23-18(20)29/h4-5,8,12,14-15,24H,6-7H2,1-3H3,(H2,22,26)(H,23,29). The van der Waals surface area contributed by atoms with Gasteiger partial charge in [-0.15, -0.1) is 0 Å². The summed E-state index contributed by atoms with van der Waals surface area (Å²) in [5, 5.41) is 5.84. The number of amides is 4. The Labute approximate surface area is 167 Å². The van der Waals surface area contributed by atoms with Gasteiger partial charge in [-0.05, 0) is 45.4 Å². The Morgan fingerprint density at radius 2 is 1.93 bits per heavy atom. The molecule has 3 heterocycles. The molecule has 4 rings (SSSR count). The molecule has 4 amide bonds. The number of rotatable bonds is 3. The smallest absolute Gasteiger partial charge is 0.250 e. The van der Waals surface area contributed by atoms with Crippen LogP contribution in [-0.4, -0.2) is 40.1 Å². The lowest BCUT2D eigenvalue weighted by atomic mass is 9.76. The van der Waals surface area contributed by atoms with Crippen LogP contribution in [0.25, 0.3) is 0 Å². The molecule has 29 heavy (non-hydrogen) atoms. The van der Waals surface area contributed by atoms with Crippen LogP contribution in [0, 0.1) is 17.7 Å². The molecule has 4 unspecified atom stereocenters. The fourth-order valence-corrected chi connectivity index (χ4v) is 4.98. The normalized spacial score (nSPS) is 30.7. The lowest BCUT2D eigenvalue weighted by Gasteiger charge is -2.34. The second kappa shape index (κ2) is 6.09. The highest BCUT2D eigenvalue weighted by molar-refractivity contribution is 6.15. The number of likely N-dealkylation sites (tertiary alicyclic amines) is 1. The predicted molar refractivity (Wildman–Crippen MR) is 101 cm³/mol. The molecular weight excluding hydrogens is 379 g/mol. The summed E-state index contributed by atoms with van der Waals surface area (Å²) in [4.78, 5) is 52.4. The Bertz CT molecular complexity index is 956. The highest BCUT2D eigenvalue weighted by Gasteiger charge is 2.71. The van der Waals surface area contributed by atoms with E-state index in [1.165, 1.54) is 23.1 Å². The van der Waals surface area contributed by atoms with Gasteiger partial charge < -0.3 is 11.1 Å². The van der Waals surface area contributed by atoms with E-state index in [-0.39, 0.29) is 12.8 Å². The minimum absolute atomic E-state index is 0.00835. The number of imide groups is 1. The number of primary amides is 1. The summed E-state index contributed by atoms with van der Waals surface area (Å²) in [7, 11) is 0. The number of nitrogens with one attached hydrogen (secondary N) is 2. The second-order valence-corrected chi connectivity index (χ2v) is 8.89. The fourth-order valence-electron chi connectivity index (χ4n) is 4.98. The van der Waals surface area contributed by atoms with Crippen LogP contribution in [0.4, 0.5) is 10.1 Å². The number of nitrogens with two attached hydrogens (primary N) is 1. The summed E-state index contributed by atoms with van der Waals surface area (Å²) < 4.78 is 14.1. The maximum absolute atomic E-state index is 14.1. The van der Waals surface area contributed by atoms with Crippen molar-refractivity contribution in [3.05, 3.63) is 29.6 Å². The zero-order chi connectivity index (χ0) is 21.3. The average Bonchev–Trinajstić information content (AvgIpc) is 3.18. The lowest BCUT2D eigenvalue weighted by molar-refractivity contribution is -0.148. The Morgan fingerprint density at radius 1 is 1.24 bits per heavy atom. The van der Waals surface area contributed by atoms with Crippen molar-refractivity contribution < 1.29 is 23.6 Å². The summed E-state index contributed by atoms with van der Waals surface area (Å²) in [6.45, 7) is 5.22. The molecule has 1 spiro atoms. The summed E-state index contributed by atoms with van der Waals surface area (Å²) >= 11 is 0. The van der Waals surface area contributed by atoms with Gasteiger partial charge in [0.15, 0.2) is 0 Å². The number of hydrogen-bond donors (Lipinski definition) is 3. The third-order valence-corrected chi connectivity index (χ3v) is 6.05. The van der Waals surface area contributed by atoms with Gasteiger partial charge in [-0.1, -0.05) is 0 Å². The van der Waals surface area contributed by atoms with Crippen LogP contribution in [0.2, 0.25) is 0 Å². The van der Waals surface area contributed by atoms with Crippen LogP contribution in [0.1, 0.15) is 39.2 Å². The molecule has 4 N–H and O–H groups in total. The van der Waals surface area contributed by atoms with Gasteiger partial charge in [-0.3, -0.25) is 29.4 Å². The Balaban J connectivity index is 1.88. The molecule has 0 saturated carbocycles. The van der Waals surface area contributed by atoms with Crippen molar-refractivity contribution in [1.82, 2.24) is 10.2 Å². The third-order valence-electron chi connectivity index (χ3n) is 6.05. The van der Waals surface area contributed by atoms with Gasteiger partial charge in [0.05, 0.1) is 11.8 Å². The monoisotopic (exact) mass is 402 g/mol. The molecule has 0 aliphatic carbocycles. The van der Waals surface area contributed by atoms with E-state index in [1.54, 1.807) is 20.8 Å². The first kappa shape index (κ1) is 19.5.